The number of carbonyl (C=O) groups is 1. The van der Waals surface area contributed by atoms with Gasteiger partial charge in [0.05, 0.1) is 17.7 Å². The third kappa shape index (κ3) is 5.92. The minimum atomic E-state index is -3.86. The summed E-state index contributed by atoms with van der Waals surface area (Å²) in [5.41, 5.74) is 6.60. The maximum atomic E-state index is 13.1. The number of hydrogen-bond acceptors (Lipinski definition) is 5. The number of carbonyl (C=O) groups excluding carboxylic acids is 1. The van der Waals surface area contributed by atoms with Gasteiger partial charge in [-0.3, -0.25) is 0 Å². The Hall–Kier alpha value is -1.64. The van der Waals surface area contributed by atoms with Crippen molar-refractivity contribution in [3.63, 3.8) is 0 Å². The summed E-state index contributed by atoms with van der Waals surface area (Å²) >= 11 is 6.16. The molecule has 0 saturated heterocycles. The molecular formula is C18H22Cl2N2O4S. The molecule has 2 aromatic rings. The van der Waals surface area contributed by atoms with Crippen LogP contribution in [0.4, 0.5) is 0 Å². The molecule has 2 aromatic carbocycles. The number of nitrogens with two attached hydrogens (primary N) is 1. The van der Waals surface area contributed by atoms with Gasteiger partial charge in [0, 0.05) is 13.1 Å². The number of nitrogens with zero attached hydrogens (tertiary/aromatic N) is 1. The fourth-order valence-electron chi connectivity index (χ4n) is 2.43. The third-order valence-electron chi connectivity index (χ3n) is 3.78. The van der Waals surface area contributed by atoms with Crippen LogP contribution in [0.5, 0.6) is 0 Å². The van der Waals surface area contributed by atoms with E-state index in [0.29, 0.717) is 13.0 Å². The molecule has 9 heteroatoms. The topological polar surface area (TPSA) is 89.7 Å². The van der Waals surface area contributed by atoms with Gasteiger partial charge in [-0.2, -0.15) is 4.31 Å². The highest BCUT2D eigenvalue weighted by Gasteiger charge is 2.27. The van der Waals surface area contributed by atoms with Crippen LogP contribution in [-0.4, -0.2) is 38.9 Å². The normalized spacial score (nSPS) is 11.1. The van der Waals surface area contributed by atoms with Gasteiger partial charge in [0.2, 0.25) is 10.0 Å². The van der Waals surface area contributed by atoms with Crippen LogP contribution in [0.1, 0.15) is 22.3 Å². The maximum absolute atomic E-state index is 13.1. The lowest BCUT2D eigenvalue weighted by Gasteiger charge is -2.23. The van der Waals surface area contributed by atoms with Crippen LogP contribution in [0.3, 0.4) is 0 Å². The highest BCUT2D eigenvalue weighted by molar-refractivity contribution is 7.89. The Balaban J connectivity index is 0.00000364. The Bertz CT molecular complexity index is 861. The number of methoxy groups -OCH3 is 1. The van der Waals surface area contributed by atoms with Gasteiger partial charge in [-0.1, -0.05) is 41.9 Å². The second-order valence-electron chi connectivity index (χ2n) is 5.60. The van der Waals surface area contributed by atoms with E-state index in [1.165, 1.54) is 29.6 Å². The smallest absolute Gasteiger partial charge is 0.337 e. The maximum Gasteiger partial charge on any atom is 0.337 e. The molecule has 0 atom stereocenters. The van der Waals surface area contributed by atoms with Crippen LogP contribution in [0.15, 0.2) is 53.4 Å². The van der Waals surface area contributed by atoms with Gasteiger partial charge in [0.25, 0.3) is 0 Å². The molecule has 0 amide bonds. The van der Waals surface area contributed by atoms with Gasteiger partial charge in [-0.25, -0.2) is 13.2 Å². The van der Waals surface area contributed by atoms with Crippen LogP contribution in [0.2, 0.25) is 5.02 Å². The average Bonchev–Trinajstić information content (AvgIpc) is 2.64. The van der Waals surface area contributed by atoms with Crippen molar-refractivity contribution in [3.8, 4) is 0 Å². The lowest BCUT2D eigenvalue weighted by molar-refractivity contribution is 0.0600. The molecule has 0 aliphatic heterocycles. The molecule has 6 nitrogen and oxygen atoms in total. The molecule has 148 valence electrons. The van der Waals surface area contributed by atoms with Crippen molar-refractivity contribution in [1.29, 1.82) is 0 Å². The van der Waals surface area contributed by atoms with Gasteiger partial charge in [-0.05, 0) is 36.7 Å². The van der Waals surface area contributed by atoms with Crippen molar-refractivity contribution in [2.75, 3.05) is 20.2 Å². The summed E-state index contributed by atoms with van der Waals surface area (Å²) in [7, 11) is -2.61. The Morgan fingerprint density at radius 1 is 1.19 bits per heavy atom. The van der Waals surface area contributed by atoms with Gasteiger partial charge in [0.1, 0.15) is 4.90 Å². The van der Waals surface area contributed by atoms with Gasteiger partial charge < -0.3 is 10.5 Å². The highest BCUT2D eigenvalue weighted by Crippen LogP contribution is 2.27. The third-order valence-corrected chi connectivity index (χ3v) is 6.11. The summed E-state index contributed by atoms with van der Waals surface area (Å²) in [5.74, 6) is -0.583. The molecule has 0 aromatic heterocycles. The molecular weight excluding hydrogens is 411 g/mol. The Kier molecular flexibility index (Phi) is 9.21. The summed E-state index contributed by atoms with van der Waals surface area (Å²) in [6.45, 7) is 0.844. The molecule has 0 spiro atoms. The lowest BCUT2D eigenvalue weighted by Crippen LogP contribution is -2.32. The molecule has 27 heavy (non-hydrogen) atoms. The SMILES string of the molecule is COC(=O)c1ccc(S(=O)(=O)N(CCCN)Cc2ccccc2)c(Cl)c1.Cl. The van der Waals surface area contributed by atoms with Crippen LogP contribution in [-0.2, 0) is 21.3 Å². The van der Waals surface area contributed by atoms with E-state index in [2.05, 4.69) is 4.74 Å². The monoisotopic (exact) mass is 432 g/mol. The second kappa shape index (κ2) is 10.6. The Morgan fingerprint density at radius 2 is 1.85 bits per heavy atom. The first kappa shape index (κ1) is 23.4. The molecule has 0 aliphatic carbocycles. The van der Waals surface area contributed by atoms with Crippen LogP contribution >= 0.6 is 24.0 Å². The summed E-state index contributed by atoms with van der Waals surface area (Å²) < 4.78 is 32.2. The number of ether oxygens (including phenoxy) is 1. The van der Waals surface area contributed by atoms with Gasteiger partial charge in [-0.15, -0.1) is 12.4 Å². The number of esters is 1. The quantitative estimate of drug-likeness (QED) is 0.647. The molecule has 0 bridgehead atoms. The van der Waals surface area contributed by atoms with Crippen molar-refractivity contribution in [2.45, 2.75) is 17.9 Å². The first-order valence-electron chi connectivity index (χ1n) is 8.02. The molecule has 0 heterocycles. The van der Waals surface area contributed by atoms with E-state index < -0.39 is 16.0 Å². The zero-order valence-electron chi connectivity index (χ0n) is 14.8. The summed E-state index contributed by atoms with van der Waals surface area (Å²) in [6.07, 6.45) is 0.518. The van der Waals surface area contributed by atoms with Crippen molar-refractivity contribution in [3.05, 3.63) is 64.7 Å². The zero-order valence-corrected chi connectivity index (χ0v) is 17.2. The van der Waals surface area contributed by atoms with Crippen molar-refractivity contribution in [2.24, 2.45) is 5.73 Å². The van der Waals surface area contributed by atoms with Crippen LogP contribution < -0.4 is 5.73 Å². The largest absolute Gasteiger partial charge is 0.465 e. The van der Waals surface area contributed by atoms with Crippen molar-refractivity contribution in [1.82, 2.24) is 4.31 Å². The van der Waals surface area contributed by atoms with Crippen LogP contribution in [0, 0.1) is 0 Å². The minimum absolute atomic E-state index is 0. The first-order chi connectivity index (χ1) is 12.4. The molecule has 0 aliphatic rings. The molecule has 2 N–H and O–H groups in total. The van der Waals surface area contributed by atoms with E-state index >= 15 is 0 Å². The van der Waals surface area contributed by atoms with E-state index in [1.54, 1.807) is 0 Å². The highest BCUT2D eigenvalue weighted by atomic mass is 35.5. The number of hydrogen-bond donors (Lipinski definition) is 1. The van der Waals surface area contributed by atoms with E-state index in [4.69, 9.17) is 17.3 Å². The average molecular weight is 433 g/mol. The van der Waals surface area contributed by atoms with Crippen molar-refractivity contribution < 1.29 is 17.9 Å². The summed E-state index contributed by atoms with van der Waals surface area (Å²) in [5, 5.41) is -0.0290. The predicted octanol–water partition coefficient (Wildman–Crippen LogP) is 3.09. The van der Waals surface area contributed by atoms with Crippen LogP contribution in [0.25, 0.3) is 0 Å². The molecule has 0 radical (unpaired) electrons. The number of halogens is 2. The zero-order chi connectivity index (χ0) is 19.2. The number of rotatable bonds is 8. The summed E-state index contributed by atoms with van der Waals surface area (Å²) in [4.78, 5) is 11.5. The van der Waals surface area contributed by atoms with Crippen molar-refractivity contribution >= 4 is 40.0 Å². The fraction of sp³-hybridized carbons (Fsp3) is 0.278. The molecule has 0 saturated carbocycles. The van der Waals surface area contributed by atoms with E-state index in [9.17, 15) is 13.2 Å². The van der Waals surface area contributed by atoms with E-state index in [1.807, 2.05) is 30.3 Å². The molecule has 0 unspecified atom stereocenters. The molecule has 0 fully saturated rings. The first-order valence-corrected chi connectivity index (χ1v) is 9.84. The predicted molar refractivity (Wildman–Crippen MR) is 108 cm³/mol. The molecule has 2 rings (SSSR count). The Morgan fingerprint density at radius 3 is 2.41 bits per heavy atom. The standard InChI is InChI=1S/C18H21ClN2O4S.ClH/c1-25-18(22)15-8-9-17(16(19)12-15)26(23,24)21(11-5-10-20)13-14-6-3-2-4-7-14;/h2-4,6-9,12H,5,10-11,13,20H2,1H3;1H. The number of sulfonamides is 1. The second-order valence-corrected chi connectivity index (χ2v) is 7.92. The van der Waals surface area contributed by atoms with E-state index in [0.717, 1.165) is 5.56 Å². The van der Waals surface area contributed by atoms with Gasteiger partial charge >= 0.3 is 5.97 Å². The minimum Gasteiger partial charge on any atom is -0.465 e. The lowest BCUT2D eigenvalue weighted by atomic mass is 10.2. The van der Waals surface area contributed by atoms with E-state index in [-0.39, 0.29) is 41.0 Å². The summed E-state index contributed by atoms with van der Waals surface area (Å²) in [6, 6.07) is 13.3. The Labute approximate surface area is 170 Å². The fourth-order valence-corrected chi connectivity index (χ4v) is 4.42. The number of benzene rings is 2. The van der Waals surface area contributed by atoms with Gasteiger partial charge in [0.15, 0.2) is 0 Å².